The van der Waals surface area contributed by atoms with Crippen molar-refractivity contribution in [2.24, 2.45) is 0 Å². The molecule has 1 aliphatic rings. The standard InChI is InChI=1S/C6H11IO4/c7-3-1-11-2-4(8)6(10)5(3)9/h3-6,8-10H,1-2H2/t3-,4-,5-,6-/m1/s1. The van der Waals surface area contributed by atoms with Crippen LogP contribution < -0.4 is 0 Å². The quantitative estimate of drug-likeness (QED) is 0.387. The third-order valence-electron chi connectivity index (χ3n) is 1.68. The van der Waals surface area contributed by atoms with Gasteiger partial charge in [-0.25, -0.2) is 0 Å². The van der Waals surface area contributed by atoms with Gasteiger partial charge in [0.25, 0.3) is 0 Å². The lowest BCUT2D eigenvalue weighted by Crippen LogP contribution is -2.41. The van der Waals surface area contributed by atoms with Crippen LogP contribution >= 0.6 is 22.6 Å². The largest absolute Gasteiger partial charge is 0.389 e. The number of rotatable bonds is 0. The molecule has 5 heteroatoms. The molecule has 4 atom stereocenters. The van der Waals surface area contributed by atoms with Crippen molar-refractivity contribution in [3.63, 3.8) is 0 Å². The van der Waals surface area contributed by atoms with E-state index in [0.717, 1.165) is 0 Å². The zero-order valence-electron chi connectivity index (χ0n) is 5.85. The molecule has 4 nitrogen and oxygen atoms in total. The topological polar surface area (TPSA) is 69.9 Å². The summed E-state index contributed by atoms with van der Waals surface area (Å²) < 4.78 is 4.83. The van der Waals surface area contributed by atoms with Crippen LogP contribution in [0.25, 0.3) is 0 Å². The fourth-order valence-electron chi connectivity index (χ4n) is 0.940. The molecule has 0 aromatic rings. The van der Waals surface area contributed by atoms with Crippen molar-refractivity contribution in [1.29, 1.82) is 0 Å². The predicted octanol–water partition coefficient (Wildman–Crippen LogP) is -1.10. The zero-order chi connectivity index (χ0) is 8.43. The van der Waals surface area contributed by atoms with Gasteiger partial charge in [-0.1, -0.05) is 22.6 Å². The van der Waals surface area contributed by atoms with Crippen LogP contribution in [0.2, 0.25) is 0 Å². The van der Waals surface area contributed by atoms with Gasteiger partial charge in [0, 0.05) is 0 Å². The first kappa shape index (κ1) is 9.66. The van der Waals surface area contributed by atoms with E-state index < -0.39 is 18.3 Å². The summed E-state index contributed by atoms with van der Waals surface area (Å²) in [5, 5.41) is 27.6. The van der Waals surface area contributed by atoms with E-state index >= 15 is 0 Å². The van der Waals surface area contributed by atoms with Crippen LogP contribution in [0, 0.1) is 0 Å². The molecule has 0 aromatic heterocycles. The Kier molecular flexibility index (Phi) is 3.51. The highest BCUT2D eigenvalue weighted by Gasteiger charge is 2.33. The van der Waals surface area contributed by atoms with Crippen LogP contribution in [0.3, 0.4) is 0 Å². The van der Waals surface area contributed by atoms with Crippen LogP contribution in [0.15, 0.2) is 0 Å². The minimum Gasteiger partial charge on any atom is -0.389 e. The molecule has 0 radical (unpaired) electrons. The van der Waals surface area contributed by atoms with Gasteiger partial charge in [0.15, 0.2) is 0 Å². The van der Waals surface area contributed by atoms with E-state index in [1.54, 1.807) is 0 Å². The third-order valence-corrected chi connectivity index (χ3v) is 2.78. The maximum Gasteiger partial charge on any atom is 0.109 e. The molecule has 1 rings (SSSR count). The number of halogens is 1. The molecule has 1 fully saturated rings. The molecule has 0 aromatic carbocycles. The van der Waals surface area contributed by atoms with Gasteiger partial charge in [0.05, 0.1) is 23.2 Å². The van der Waals surface area contributed by atoms with E-state index in [1.165, 1.54) is 0 Å². The molecule has 0 saturated carbocycles. The van der Waals surface area contributed by atoms with Crippen LogP contribution in [0.5, 0.6) is 0 Å². The lowest BCUT2D eigenvalue weighted by molar-refractivity contribution is -0.0595. The Balaban J connectivity index is 2.58. The SMILES string of the molecule is O[C@H]1[C@H](O)[C@H](I)COC[C@H]1O. The summed E-state index contributed by atoms with van der Waals surface area (Å²) in [7, 11) is 0. The average molecular weight is 274 g/mol. The van der Waals surface area contributed by atoms with Crippen molar-refractivity contribution in [3.8, 4) is 0 Å². The Hall–Kier alpha value is 0.570. The summed E-state index contributed by atoms with van der Waals surface area (Å²) in [5.41, 5.74) is 0. The molecule has 1 saturated heterocycles. The van der Waals surface area contributed by atoms with Crippen LogP contribution in [0.1, 0.15) is 0 Å². The van der Waals surface area contributed by atoms with E-state index in [1.807, 2.05) is 22.6 Å². The monoisotopic (exact) mass is 274 g/mol. The number of hydrogen-bond donors (Lipinski definition) is 3. The Morgan fingerprint density at radius 1 is 1.09 bits per heavy atom. The molecule has 0 spiro atoms. The zero-order valence-corrected chi connectivity index (χ0v) is 8.01. The Morgan fingerprint density at radius 3 is 2.36 bits per heavy atom. The van der Waals surface area contributed by atoms with Crippen molar-refractivity contribution in [3.05, 3.63) is 0 Å². The molecule has 3 N–H and O–H groups in total. The average Bonchev–Trinajstić information content (AvgIpc) is 2.07. The van der Waals surface area contributed by atoms with Gasteiger partial charge in [-0.2, -0.15) is 0 Å². The first-order valence-corrected chi connectivity index (χ1v) is 4.63. The summed E-state index contributed by atoms with van der Waals surface area (Å²) in [5.74, 6) is 0. The summed E-state index contributed by atoms with van der Waals surface area (Å²) in [6, 6.07) is 0. The summed E-state index contributed by atoms with van der Waals surface area (Å²) in [4.78, 5) is 0. The number of alkyl halides is 1. The highest BCUT2D eigenvalue weighted by molar-refractivity contribution is 14.1. The molecule has 1 aliphatic heterocycles. The predicted molar refractivity (Wildman–Crippen MR) is 46.6 cm³/mol. The smallest absolute Gasteiger partial charge is 0.109 e. The number of ether oxygens (including phenoxy) is 1. The molecule has 11 heavy (non-hydrogen) atoms. The second-order valence-electron chi connectivity index (χ2n) is 2.60. The van der Waals surface area contributed by atoms with Crippen LogP contribution in [-0.2, 0) is 4.74 Å². The molecule has 0 aliphatic carbocycles. The second-order valence-corrected chi connectivity index (χ2v) is 4.20. The normalized spacial score (nSPS) is 46.9. The maximum absolute atomic E-state index is 9.30. The fourth-order valence-corrected chi connectivity index (χ4v) is 1.62. The lowest BCUT2D eigenvalue weighted by Gasteiger charge is -2.20. The van der Waals surface area contributed by atoms with E-state index in [0.29, 0.717) is 6.61 Å². The minimum absolute atomic E-state index is 0.0950. The Morgan fingerprint density at radius 2 is 1.73 bits per heavy atom. The summed E-state index contributed by atoms with van der Waals surface area (Å²) >= 11 is 1.99. The van der Waals surface area contributed by atoms with E-state index in [-0.39, 0.29) is 10.5 Å². The Labute approximate surface area is 78.3 Å². The molecular weight excluding hydrogens is 263 g/mol. The molecular formula is C6H11IO4. The van der Waals surface area contributed by atoms with Crippen molar-refractivity contribution < 1.29 is 20.1 Å². The maximum atomic E-state index is 9.30. The van der Waals surface area contributed by atoms with Gasteiger partial charge in [0.2, 0.25) is 0 Å². The van der Waals surface area contributed by atoms with Crippen LogP contribution in [0.4, 0.5) is 0 Å². The number of aliphatic hydroxyl groups is 3. The first-order chi connectivity index (χ1) is 5.13. The van der Waals surface area contributed by atoms with Gasteiger partial charge in [-0.05, 0) is 0 Å². The van der Waals surface area contributed by atoms with Gasteiger partial charge in [0.1, 0.15) is 12.2 Å². The van der Waals surface area contributed by atoms with E-state index in [4.69, 9.17) is 9.84 Å². The molecule has 0 bridgehead atoms. The van der Waals surface area contributed by atoms with Crippen molar-refractivity contribution in [2.75, 3.05) is 13.2 Å². The van der Waals surface area contributed by atoms with Crippen molar-refractivity contribution in [1.82, 2.24) is 0 Å². The summed E-state index contributed by atoms with van der Waals surface area (Å²) in [6.07, 6.45) is -2.95. The third kappa shape index (κ3) is 2.25. The first-order valence-electron chi connectivity index (χ1n) is 3.39. The van der Waals surface area contributed by atoms with E-state index in [2.05, 4.69) is 0 Å². The Bertz CT molecular complexity index is 118. The van der Waals surface area contributed by atoms with Crippen molar-refractivity contribution >= 4 is 22.6 Å². The number of hydrogen-bond acceptors (Lipinski definition) is 4. The van der Waals surface area contributed by atoms with Gasteiger partial charge < -0.3 is 20.1 Å². The minimum atomic E-state index is -1.08. The molecule has 1 heterocycles. The van der Waals surface area contributed by atoms with Gasteiger partial charge in [-0.15, -0.1) is 0 Å². The highest BCUT2D eigenvalue weighted by atomic mass is 127. The van der Waals surface area contributed by atoms with Gasteiger partial charge >= 0.3 is 0 Å². The van der Waals surface area contributed by atoms with Crippen molar-refractivity contribution in [2.45, 2.75) is 22.2 Å². The number of aliphatic hydroxyl groups excluding tert-OH is 3. The molecule has 0 unspecified atom stereocenters. The fraction of sp³-hybridized carbons (Fsp3) is 1.00. The molecule has 66 valence electrons. The highest BCUT2D eigenvalue weighted by Crippen LogP contribution is 2.16. The lowest BCUT2D eigenvalue weighted by atomic mass is 10.1. The van der Waals surface area contributed by atoms with E-state index in [9.17, 15) is 10.2 Å². The van der Waals surface area contributed by atoms with Crippen LogP contribution in [-0.4, -0.2) is 50.8 Å². The second kappa shape index (κ2) is 3.99. The van der Waals surface area contributed by atoms with Gasteiger partial charge in [-0.3, -0.25) is 0 Å². The molecule has 0 amide bonds. The summed E-state index contributed by atoms with van der Waals surface area (Å²) in [6.45, 7) is 0.466.